The van der Waals surface area contributed by atoms with E-state index >= 15 is 0 Å². The van der Waals surface area contributed by atoms with Crippen molar-refractivity contribution in [2.75, 3.05) is 26.4 Å². The third-order valence-corrected chi connectivity index (χ3v) is 3.75. The van der Waals surface area contributed by atoms with Gasteiger partial charge in [-0.2, -0.15) is 0 Å². The minimum atomic E-state index is -0.297. The highest BCUT2D eigenvalue weighted by Gasteiger charge is 2.11. The zero-order valence-corrected chi connectivity index (χ0v) is 14.3. The molecule has 7 heteroatoms. The summed E-state index contributed by atoms with van der Waals surface area (Å²) in [6, 6.07) is 11.2. The lowest BCUT2D eigenvalue weighted by Crippen LogP contribution is -2.36. The van der Waals surface area contributed by atoms with E-state index in [1.807, 2.05) is 18.2 Å². The first-order chi connectivity index (χ1) is 12.7. The molecule has 1 aliphatic rings. The maximum Gasteiger partial charge on any atom is 0.315 e. The molecule has 3 rings (SSSR count). The molecule has 0 fully saturated rings. The van der Waals surface area contributed by atoms with Crippen molar-refractivity contribution in [2.24, 2.45) is 0 Å². The van der Waals surface area contributed by atoms with Crippen molar-refractivity contribution in [2.45, 2.75) is 13.0 Å². The van der Waals surface area contributed by atoms with Gasteiger partial charge in [0.15, 0.2) is 11.5 Å². The van der Waals surface area contributed by atoms with Crippen LogP contribution in [0.15, 0.2) is 42.5 Å². The molecule has 0 aromatic heterocycles. The first kappa shape index (κ1) is 17.8. The summed E-state index contributed by atoms with van der Waals surface area (Å²) in [6.45, 7) is 2.40. The molecular formula is C19H21FN2O4. The monoisotopic (exact) mass is 360 g/mol. The van der Waals surface area contributed by atoms with E-state index in [4.69, 9.17) is 14.2 Å². The maximum absolute atomic E-state index is 12.8. The molecule has 0 spiro atoms. The van der Waals surface area contributed by atoms with Gasteiger partial charge in [0.25, 0.3) is 0 Å². The molecule has 0 saturated carbocycles. The van der Waals surface area contributed by atoms with Crippen molar-refractivity contribution in [3.05, 3.63) is 53.8 Å². The fourth-order valence-electron chi connectivity index (χ4n) is 2.44. The van der Waals surface area contributed by atoms with Crippen LogP contribution in [0.5, 0.6) is 17.2 Å². The van der Waals surface area contributed by atoms with E-state index in [2.05, 4.69) is 10.6 Å². The van der Waals surface area contributed by atoms with Gasteiger partial charge in [0.05, 0.1) is 6.61 Å². The lowest BCUT2D eigenvalue weighted by Gasteiger charge is -2.19. The highest BCUT2D eigenvalue weighted by Crippen LogP contribution is 2.30. The van der Waals surface area contributed by atoms with Crippen LogP contribution in [0.25, 0.3) is 0 Å². The van der Waals surface area contributed by atoms with Crippen LogP contribution in [0.1, 0.15) is 12.0 Å². The number of carbonyl (C=O) groups is 1. The van der Waals surface area contributed by atoms with Gasteiger partial charge in [0, 0.05) is 13.1 Å². The van der Waals surface area contributed by atoms with Crippen LogP contribution in [0.2, 0.25) is 0 Å². The van der Waals surface area contributed by atoms with Gasteiger partial charge in [-0.25, -0.2) is 9.18 Å². The standard InChI is InChI=1S/C19H21FN2O4/c20-15-3-5-16(6-4-15)24-9-1-8-21-19(23)22-13-14-2-7-17-18(12-14)26-11-10-25-17/h2-7,12H,1,8-11,13H2,(H2,21,22,23). The van der Waals surface area contributed by atoms with Gasteiger partial charge in [-0.1, -0.05) is 6.07 Å². The van der Waals surface area contributed by atoms with Crippen molar-refractivity contribution in [1.82, 2.24) is 10.6 Å². The number of hydrogen-bond acceptors (Lipinski definition) is 4. The summed E-state index contributed by atoms with van der Waals surface area (Å²) in [4.78, 5) is 11.8. The number of amides is 2. The number of fused-ring (bicyclic) bond motifs is 1. The summed E-state index contributed by atoms with van der Waals surface area (Å²) < 4.78 is 29.2. The second kappa shape index (κ2) is 8.94. The Bertz CT molecular complexity index is 737. The molecule has 138 valence electrons. The lowest BCUT2D eigenvalue weighted by molar-refractivity contribution is 0.171. The van der Waals surface area contributed by atoms with Crippen LogP contribution in [0, 0.1) is 5.82 Å². The molecule has 2 aromatic carbocycles. The number of hydrogen-bond donors (Lipinski definition) is 2. The van der Waals surface area contributed by atoms with E-state index in [9.17, 15) is 9.18 Å². The highest BCUT2D eigenvalue weighted by atomic mass is 19.1. The predicted octanol–water partition coefficient (Wildman–Crippen LogP) is 2.87. The van der Waals surface area contributed by atoms with E-state index in [0.717, 1.165) is 11.3 Å². The second-order valence-corrected chi connectivity index (χ2v) is 5.74. The number of ether oxygens (including phenoxy) is 3. The topological polar surface area (TPSA) is 68.8 Å². The van der Waals surface area contributed by atoms with Gasteiger partial charge >= 0.3 is 6.03 Å². The van der Waals surface area contributed by atoms with E-state index in [0.29, 0.717) is 50.8 Å². The van der Waals surface area contributed by atoms with E-state index in [1.54, 1.807) is 12.1 Å². The summed E-state index contributed by atoms with van der Waals surface area (Å²) in [5.41, 5.74) is 0.934. The number of carbonyl (C=O) groups excluding carboxylic acids is 1. The first-order valence-corrected chi connectivity index (χ1v) is 8.49. The number of benzene rings is 2. The van der Waals surface area contributed by atoms with Crippen LogP contribution in [0.3, 0.4) is 0 Å². The van der Waals surface area contributed by atoms with Crippen LogP contribution in [0.4, 0.5) is 9.18 Å². The molecule has 0 aliphatic carbocycles. The van der Waals surface area contributed by atoms with Gasteiger partial charge in [-0.3, -0.25) is 0 Å². The molecule has 0 bridgehead atoms. The molecule has 6 nitrogen and oxygen atoms in total. The fraction of sp³-hybridized carbons (Fsp3) is 0.316. The summed E-state index contributed by atoms with van der Waals surface area (Å²) in [7, 11) is 0. The molecule has 2 amide bonds. The van der Waals surface area contributed by atoms with Crippen molar-refractivity contribution in [1.29, 1.82) is 0 Å². The largest absolute Gasteiger partial charge is 0.494 e. The fourth-order valence-corrected chi connectivity index (χ4v) is 2.44. The molecule has 0 unspecified atom stereocenters. The van der Waals surface area contributed by atoms with Crippen molar-refractivity contribution >= 4 is 6.03 Å². The van der Waals surface area contributed by atoms with Crippen molar-refractivity contribution in [3.63, 3.8) is 0 Å². The predicted molar refractivity (Wildman–Crippen MR) is 94.2 cm³/mol. The second-order valence-electron chi connectivity index (χ2n) is 5.74. The molecule has 1 aliphatic heterocycles. The highest BCUT2D eigenvalue weighted by molar-refractivity contribution is 5.73. The van der Waals surface area contributed by atoms with Crippen LogP contribution >= 0.6 is 0 Å². The molecule has 1 heterocycles. The van der Waals surface area contributed by atoms with Gasteiger partial charge < -0.3 is 24.8 Å². The summed E-state index contributed by atoms with van der Waals surface area (Å²) in [5, 5.41) is 5.56. The minimum Gasteiger partial charge on any atom is -0.494 e. The average molecular weight is 360 g/mol. The number of halogens is 1. The summed E-state index contributed by atoms with van der Waals surface area (Å²) in [5.74, 6) is 1.74. The van der Waals surface area contributed by atoms with Gasteiger partial charge in [0.1, 0.15) is 24.8 Å². The molecule has 0 saturated heterocycles. The SMILES string of the molecule is O=C(NCCCOc1ccc(F)cc1)NCc1ccc2c(c1)OCCO2. The van der Waals surface area contributed by atoms with E-state index in [1.165, 1.54) is 12.1 Å². The first-order valence-electron chi connectivity index (χ1n) is 8.49. The van der Waals surface area contributed by atoms with Gasteiger partial charge in [-0.15, -0.1) is 0 Å². The molecule has 2 N–H and O–H groups in total. The smallest absolute Gasteiger partial charge is 0.315 e. The number of urea groups is 1. The normalized spacial score (nSPS) is 12.3. The molecule has 0 radical (unpaired) electrons. The Morgan fingerprint density at radius 3 is 2.62 bits per heavy atom. The third-order valence-electron chi connectivity index (χ3n) is 3.75. The average Bonchev–Trinajstić information content (AvgIpc) is 2.67. The molecule has 0 atom stereocenters. The Hall–Kier alpha value is -2.96. The van der Waals surface area contributed by atoms with Gasteiger partial charge in [0.2, 0.25) is 0 Å². The lowest BCUT2D eigenvalue weighted by atomic mass is 10.2. The zero-order valence-electron chi connectivity index (χ0n) is 14.3. The summed E-state index contributed by atoms with van der Waals surface area (Å²) in [6.07, 6.45) is 0.648. The quantitative estimate of drug-likeness (QED) is 0.745. The summed E-state index contributed by atoms with van der Waals surface area (Å²) >= 11 is 0. The number of rotatable bonds is 7. The van der Waals surface area contributed by atoms with E-state index in [-0.39, 0.29) is 11.8 Å². The zero-order chi connectivity index (χ0) is 18.2. The van der Waals surface area contributed by atoms with Gasteiger partial charge in [-0.05, 0) is 48.4 Å². The Balaban J connectivity index is 1.31. The van der Waals surface area contributed by atoms with Crippen LogP contribution in [-0.2, 0) is 6.54 Å². The molecule has 26 heavy (non-hydrogen) atoms. The Morgan fingerprint density at radius 2 is 1.81 bits per heavy atom. The Labute approximate surface area is 151 Å². The minimum absolute atomic E-state index is 0.248. The Morgan fingerprint density at radius 1 is 1.04 bits per heavy atom. The van der Waals surface area contributed by atoms with E-state index < -0.39 is 0 Å². The molecule has 2 aromatic rings. The Kier molecular flexibility index (Phi) is 6.14. The molecular weight excluding hydrogens is 339 g/mol. The van der Waals surface area contributed by atoms with Crippen molar-refractivity contribution < 1.29 is 23.4 Å². The third kappa shape index (κ3) is 5.27. The maximum atomic E-state index is 12.8. The van der Waals surface area contributed by atoms with Crippen LogP contribution < -0.4 is 24.8 Å². The van der Waals surface area contributed by atoms with Crippen LogP contribution in [-0.4, -0.2) is 32.4 Å². The van der Waals surface area contributed by atoms with Crippen molar-refractivity contribution in [3.8, 4) is 17.2 Å². The number of nitrogens with one attached hydrogen (secondary N) is 2.